The van der Waals surface area contributed by atoms with Crippen molar-refractivity contribution < 1.29 is 31.2 Å². The van der Waals surface area contributed by atoms with Crippen LogP contribution in [-0.4, -0.2) is 49.5 Å². The number of nitrogens with zero attached hydrogens (tertiary/aromatic N) is 2. The first-order valence-corrected chi connectivity index (χ1v) is 14.1. The molecule has 210 valence electrons. The number of nitrogens with one attached hydrogen (secondary N) is 1. The van der Waals surface area contributed by atoms with E-state index in [-0.39, 0.29) is 16.6 Å². The number of benzene rings is 2. The molecule has 2 aromatic carbocycles. The molecule has 2 aromatic rings. The van der Waals surface area contributed by atoms with E-state index in [1.807, 2.05) is 0 Å². The average molecular weight is 617 g/mol. The fraction of sp³-hybridized carbons (Fsp3) is 0.417. The standard InChI is InChI=1S/C24H27Cl3F3N3O4S/c1-14(22(35)31-23(2,3)4)32(12-15-6-8-17(25)11-19(15)27)21(34)13-33(38(5,36)37)20-10-16(24(28,29)30)7-9-18(20)26/h6-11,14H,12-13H2,1-5H3,(H,31,35)/t14-/m0/s1. The van der Waals surface area contributed by atoms with Crippen molar-refractivity contribution >= 4 is 62.3 Å². The Labute approximate surface area is 234 Å². The number of alkyl halides is 3. The van der Waals surface area contributed by atoms with Gasteiger partial charge in [-0.1, -0.05) is 40.9 Å². The van der Waals surface area contributed by atoms with Crippen molar-refractivity contribution in [2.24, 2.45) is 0 Å². The van der Waals surface area contributed by atoms with Crippen molar-refractivity contribution in [3.63, 3.8) is 0 Å². The summed E-state index contributed by atoms with van der Waals surface area (Å²) in [5.41, 5.74) is -1.93. The SMILES string of the molecule is C[C@@H](C(=O)NC(C)(C)C)N(Cc1ccc(Cl)cc1Cl)C(=O)CN(c1cc(C(F)(F)F)ccc1Cl)S(C)(=O)=O. The summed E-state index contributed by atoms with van der Waals surface area (Å²) in [5, 5.41) is 2.95. The van der Waals surface area contributed by atoms with Crippen LogP contribution in [0.25, 0.3) is 0 Å². The third-order valence-electron chi connectivity index (χ3n) is 5.24. The summed E-state index contributed by atoms with van der Waals surface area (Å²) >= 11 is 18.3. The summed E-state index contributed by atoms with van der Waals surface area (Å²) in [7, 11) is -4.30. The van der Waals surface area contributed by atoms with E-state index < -0.39 is 57.4 Å². The molecule has 7 nitrogen and oxygen atoms in total. The van der Waals surface area contributed by atoms with Gasteiger partial charge in [0.2, 0.25) is 21.8 Å². The number of halogens is 6. The quantitative estimate of drug-likeness (QED) is 0.409. The Hall–Kier alpha value is -2.21. The first-order valence-electron chi connectivity index (χ1n) is 11.1. The molecule has 0 aliphatic rings. The molecule has 1 N–H and O–H groups in total. The average Bonchev–Trinajstić information content (AvgIpc) is 2.74. The molecule has 0 aliphatic carbocycles. The van der Waals surface area contributed by atoms with Crippen molar-refractivity contribution in [1.82, 2.24) is 10.2 Å². The second kappa shape index (κ2) is 11.9. The number of rotatable bonds is 8. The summed E-state index contributed by atoms with van der Waals surface area (Å²) < 4.78 is 65.8. The summed E-state index contributed by atoms with van der Waals surface area (Å²) in [4.78, 5) is 27.6. The normalized spacial score (nSPS) is 13.1. The molecule has 0 heterocycles. The highest BCUT2D eigenvalue weighted by Crippen LogP contribution is 2.36. The van der Waals surface area contributed by atoms with Crippen molar-refractivity contribution in [3.8, 4) is 0 Å². The molecular weight excluding hydrogens is 590 g/mol. The zero-order chi connectivity index (χ0) is 29.2. The van der Waals surface area contributed by atoms with Gasteiger partial charge in [0.1, 0.15) is 12.6 Å². The summed E-state index contributed by atoms with van der Waals surface area (Å²) in [5.74, 6) is -1.43. The number of sulfonamides is 1. The molecule has 0 aliphatic heterocycles. The predicted octanol–water partition coefficient (Wildman–Crippen LogP) is 5.76. The van der Waals surface area contributed by atoms with Gasteiger partial charge in [0.25, 0.3) is 0 Å². The highest BCUT2D eigenvalue weighted by atomic mass is 35.5. The van der Waals surface area contributed by atoms with Gasteiger partial charge in [0.15, 0.2) is 0 Å². The summed E-state index contributed by atoms with van der Waals surface area (Å²) in [6.07, 6.45) is -4.06. The van der Waals surface area contributed by atoms with Gasteiger partial charge in [-0.25, -0.2) is 8.42 Å². The van der Waals surface area contributed by atoms with Gasteiger partial charge >= 0.3 is 6.18 Å². The van der Waals surface area contributed by atoms with Crippen LogP contribution in [0.4, 0.5) is 18.9 Å². The van der Waals surface area contributed by atoms with Crippen molar-refractivity contribution in [2.45, 2.75) is 52.0 Å². The highest BCUT2D eigenvalue weighted by molar-refractivity contribution is 7.92. The van der Waals surface area contributed by atoms with Crippen molar-refractivity contribution in [2.75, 3.05) is 17.1 Å². The van der Waals surface area contributed by atoms with Gasteiger partial charge in [-0.15, -0.1) is 0 Å². The molecule has 2 rings (SSSR count). The number of anilines is 1. The van der Waals surface area contributed by atoms with Crippen LogP contribution in [0.3, 0.4) is 0 Å². The Kier molecular flexibility index (Phi) is 10.0. The van der Waals surface area contributed by atoms with Crippen LogP contribution in [-0.2, 0) is 32.3 Å². The lowest BCUT2D eigenvalue weighted by Crippen LogP contribution is -2.54. The van der Waals surface area contributed by atoms with E-state index in [4.69, 9.17) is 34.8 Å². The molecule has 0 bridgehead atoms. The van der Waals surface area contributed by atoms with Gasteiger partial charge in [-0.2, -0.15) is 13.2 Å². The first kappa shape index (κ1) is 32.0. The van der Waals surface area contributed by atoms with Crippen LogP contribution < -0.4 is 9.62 Å². The van der Waals surface area contributed by atoms with E-state index >= 15 is 0 Å². The monoisotopic (exact) mass is 615 g/mol. The van der Waals surface area contributed by atoms with Crippen LogP contribution in [0, 0.1) is 0 Å². The second-order valence-corrected chi connectivity index (χ2v) is 12.8. The van der Waals surface area contributed by atoms with Crippen LogP contribution >= 0.6 is 34.8 Å². The Morgan fingerprint density at radius 1 is 1.00 bits per heavy atom. The lowest BCUT2D eigenvalue weighted by molar-refractivity contribution is -0.140. The Morgan fingerprint density at radius 2 is 1.61 bits per heavy atom. The lowest BCUT2D eigenvalue weighted by Gasteiger charge is -2.33. The van der Waals surface area contributed by atoms with E-state index in [0.717, 1.165) is 17.2 Å². The molecule has 0 radical (unpaired) electrons. The third kappa shape index (κ3) is 8.65. The number of hydrogen-bond donors (Lipinski definition) is 1. The fourth-order valence-corrected chi connectivity index (χ4v) is 4.96. The molecule has 0 unspecified atom stereocenters. The van der Waals surface area contributed by atoms with Crippen molar-refractivity contribution in [3.05, 3.63) is 62.6 Å². The minimum atomic E-state index is -4.79. The minimum absolute atomic E-state index is 0.194. The minimum Gasteiger partial charge on any atom is -0.350 e. The number of carbonyl (C=O) groups is 2. The highest BCUT2D eigenvalue weighted by Gasteiger charge is 2.35. The molecular formula is C24H27Cl3F3N3O4S. The Morgan fingerprint density at radius 3 is 2.11 bits per heavy atom. The molecule has 14 heteroatoms. The van der Waals surface area contributed by atoms with E-state index in [1.54, 1.807) is 20.8 Å². The van der Waals surface area contributed by atoms with Crippen LogP contribution in [0.15, 0.2) is 36.4 Å². The van der Waals surface area contributed by atoms with Crippen molar-refractivity contribution in [1.29, 1.82) is 0 Å². The number of carbonyl (C=O) groups excluding carboxylic acids is 2. The fourth-order valence-electron chi connectivity index (χ4n) is 3.36. The maximum Gasteiger partial charge on any atom is 0.416 e. The largest absolute Gasteiger partial charge is 0.416 e. The van der Waals surface area contributed by atoms with E-state index in [2.05, 4.69) is 5.32 Å². The smallest absolute Gasteiger partial charge is 0.350 e. The van der Waals surface area contributed by atoms with E-state index in [9.17, 15) is 31.2 Å². The van der Waals surface area contributed by atoms with Gasteiger partial charge in [0, 0.05) is 22.1 Å². The molecule has 38 heavy (non-hydrogen) atoms. The van der Waals surface area contributed by atoms with E-state index in [0.29, 0.717) is 27.0 Å². The predicted molar refractivity (Wildman–Crippen MR) is 143 cm³/mol. The topological polar surface area (TPSA) is 86.8 Å². The Bertz CT molecular complexity index is 1320. The van der Waals surface area contributed by atoms with Crippen LogP contribution in [0.2, 0.25) is 15.1 Å². The van der Waals surface area contributed by atoms with Gasteiger partial charge in [-0.3, -0.25) is 13.9 Å². The van der Waals surface area contributed by atoms with E-state index in [1.165, 1.54) is 25.1 Å². The van der Waals surface area contributed by atoms with Gasteiger partial charge in [-0.05, 0) is 63.6 Å². The molecule has 0 fully saturated rings. The Balaban J connectivity index is 2.55. The van der Waals surface area contributed by atoms with Crippen LogP contribution in [0.5, 0.6) is 0 Å². The molecule has 0 spiro atoms. The lowest BCUT2D eigenvalue weighted by atomic mass is 10.1. The zero-order valence-electron chi connectivity index (χ0n) is 21.2. The molecule has 0 saturated heterocycles. The molecule has 1 atom stereocenters. The maximum absolute atomic E-state index is 13.6. The third-order valence-corrected chi connectivity index (χ3v) is 7.28. The molecule has 0 aromatic heterocycles. The summed E-state index contributed by atoms with van der Waals surface area (Å²) in [6.45, 7) is 5.49. The van der Waals surface area contributed by atoms with Gasteiger partial charge in [0.05, 0.1) is 22.5 Å². The van der Waals surface area contributed by atoms with Crippen LogP contribution in [0.1, 0.15) is 38.8 Å². The molecule has 0 saturated carbocycles. The maximum atomic E-state index is 13.6. The second-order valence-electron chi connectivity index (χ2n) is 9.61. The van der Waals surface area contributed by atoms with Gasteiger partial charge < -0.3 is 10.2 Å². The molecule has 2 amide bonds. The number of hydrogen-bond acceptors (Lipinski definition) is 4. The number of amides is 2. The zero-order valence-corrected chi connectivity index (χ0v) is 24.2. The summed E-state index contributed by atoms with van der Waals surface area (Å²) in [6, 6.07) is 5.52. The first-order chi connectivity index (χ1) is 17.2.